The Bertz CT molecular complexity index is 856. The molecule has 0 saturated heterocycles. The van der Waals surface area contributed by atoms with Gasteiger partial charge in [0.1, 0.15) is 0 Å². The number of nitriles is 1. The van der Waals surface area contributed by atoms with E-state index in [1.54, 1.807) is 6.19 Å². The summed E-state index contributed by atoms with van der Waals surface area (Å²) in [6.07, 6.45) is 3.80. The van der Waals surface area contributed by atoms with Gasteiger partial charge in [-0.3, -0.25) is 5.32 Å². The van der Waals surface area contributed by atoms with E-state index >= 15 is 0 Å². The van der Waals surface area contributed by atoms with Crippen LogP contribution in [0.2, 0.25) is 0 Å². The van der Waals surface area contributed by atoms with Crippen LogP contribution in [0.25, 0.3) is 10.9 Å². The van der Waals surface area contributed by atoms with Gasteiger partial charge in [-0.15, -0.1) is 0 Å². The summed E-state index contributed by atoms with van der Waals surface area (Å²) in [4.78, 5) is 4.14. The number of aliphatic imine (C=N–C) groups is 1. The molecule has 5 nitrogen and oxygen atoms in total. The van der Waals surface area contributed by atoms with Crippen molar-refractivity contribution in [2.75, 3.05) is 0 Å². The lowest BCUT2D eigenvalue weighted by Gasteiger charge is -2.06. The van der Waals surface area contributed by atoms with Crippen LogP contribution in [0.3, 0.4) is 0 Å². The van der Waals surface area contributed by atoms with Crippen LogP contribution >= 0.6 is 0 Å². The third-order valence-corrected chi connectivity index (χ3v) is 3.38. The molecule has 0 bridgehead atoms. The van der Waals surface area contributed by atoms with Gasteiger partial charge in [0, 0.05) is 23.6 Å². The zero-order valence-electron chi connectivity index (χ0n) is 11.9. The van der Waals surface area contributed by atoms with Gasteiger partial charge in [-0.25, -0.2) is 4.99 Å². The van der Waals surface area contributed by atoms with Crippen molar-refractivity contribution in [1.29, 1.82) is 5.26 Å². The van der Waals surface area contributed by atoms with Crippen molar-refractivity contribution >= 4 is 22.5 Å². The maximum atomic E-state index is 8.50. The van der Waals surface area contributed by atoms with Gasteiger partial charge < -0.3 is 10.3 Å². The number of hydrogen-bond acceptors (Lipinski definition) is 2. The zero-order chi connectivity index (χ0) is 15.4. The molecule has 0 radical (unpaired) electrons. The molecule has 0 spiro atoms. The van der Waals surface area contributed by atoms with E-state index in [0.29, 0.717) is 5.69 Å². The van der Waals surface area contributed by atoms with E-state index < -0.39 is 0 Å². The second-order valence-electron chi connectivity index (χ2n) is 4.91. The molecule has 5 heteroatoms. The van der Waals surface area contributed by atoms with E-state index in [4.69, 9.17) is 11.0 Å². The Labute approximate surface area is 128 Å². The number of nitrogens with two attached hydrogens (primary N) is 1. The number of rotatable bonds is 3. The minimum Gasteiger partial charge on any atom is -0.369 e. The minimum atomic E-state index is 0.0885. The topological polar surface area (TPSA) is 79.1 Å². The molecule has 1 aromatic heterocycles. The highest BCUT2D eigenvalue weighted by Crippen LogP contribution is 2.23. The number of benzene rings is 2. The van der Waals surface area contributed by atoms with E-state index in [2.05, 4.69) is 33.2 Å². The number of nitrogens with one attached hydrogen (secondary N) is 1. The molecule has 0 atom stereocenters. The number of aromatic nitrogens is 1. The molecule has 0 fully saturated rings. The number of fused-ring (bicyclic) bond motifs is 1. The summed E-state index contributed by atoms with van der Waals surface area (Å²) in [5, 5.41) is 11.9. The van der Waals surface area contributed by atoms with Crippen LogP contribution < -0.4 is 11.1 Å². The lowest BCUT2D eigenvalue weighted by Crippen LogP contribution is -2.26. The van der Waals surface area contributed by atoms with Gasteiger partial charge in [0.15, 0.2) is 6.19 Å². The Morgan fingerprint density at radius 3 is 2.77 bits per heavy atom. The fraction of sp³-hybridized carbons (Fsp3) is 0.0588. The maximum Gasteiger partial charge on any atom is 0.207 e. The van der Waals surface area contributed by atoms with Crippen molar-refractivity contribution in [3.05, 3.63) is 66.4 Å². The molecular formula is C17H15N5. The van der Waals surface area contributed by atoms with E-state index in [9.17, 15) is 0 Å². The van der Waals surface area contributed by atoms with Gasteiger partial charge in [0.05, 0.1) is 5.69 Å². The van der Waals surface area contributed by atoms with Gasteiger partial charge in [0.25, 0.3) is 0 Å². The molecule has 22 heavy (non-hydrogen) atoms. The highest BCUT2D eigenvalue weighted by molar-refractivity contribution is 5.87. The van der Waals surface area contributed by atoms with Crippen molar-refractivity contribution in [2.45, 2.75) is 6.54 Å². The predicted molar refractivity (Wildman–Crippen MR) is 87.5 cm³/mol. The third-order valence-electron chi connectivity index (χ3n) is 3.38. The summed E-state index contributed by atoms with van der Waals surface area (Å²) in [5.74, 6) is 0.0885. The lowest BCUT2D eigenvalue weighted by molar-refractivity contribution is 0.837. The molecule has 0 aliphatic heterocycles. The maximum absolute atomic E-state index is 8.50. The highest BCUT2D eigenvalue weighted by Gasteiger charge is 2.03. The molecule has 2 aromatic carbocycles. The monoisotopic (exact) mass is 289 g/mol. The van der Waals surface area contributed by atoms with Gasteiger partial charge >= 0.3 is 0 Å². The third kappa shape index (κ3) is 2.91. The van der Waals surface area contributed by atoms with Crippen molar-refractivity contribution in [2.24, 2.45) is 10.7 Å². The van der Waals surface area contributed by atoms with Crippen molar-refractivity contribution in [1.82, 2.24) is 9.88 Å². The molecule has 0 aliphatic rings. The van der Waals surface area contributed by atoms with Crippen molar-refractivity contribution < 1.29 is 0 Å². The normalized spacial score (nSPS) is 11.3. The Morgan fingerprint density at radius 2 is 2.00 bits per heavy atom. The summed E-state index contributed by atoms with van der Waals surface area (Å²) in [6.45, 7) is 0.824. The number of nitrogens with zero attached hydrogens (tertiary/aromatic N) is 3. The van der Waals surface area contributed by atoms with Gasteiger partial charge in [-0.1, -0.05) is 30.3 Å². The number of guanidine groups is 1. The highest BCUT2D eigenvalue weighted by atomic mass is 15.1. The van der Waals surface area contributed by atoms with E-state index in [-0.39, 0.29) is 5.96 Å². The molecule has 0 saturated carbocycles. The van der Waals surface area contributed by atoms with Crippen LogP contribution in [-0.4, -0.2) is 10.5 Å². The quantitative estimate of drug-likeness (QED) is 0.337. The summed E-state index contributed by atoms with van der Waals surface area (Å²) in [6, 6.07) is 18.2. The fourth-order valence-electron chi connectivity index (χ4n) is 2.40. The average Bonchev–Trinajstić information content (AvgIpc) is 2.91. The van der Waals surface area contributed by atoms with Crippen LogP contribution in [-0.2, 0) is 6.54 Å². The molecule has 0 unspecified atom stereocenters. The SMILES string of the molecule is N#CNC(N)=Nc1ccc2c(ccn2Cc2ccccc2)c1. The molecule has 3 N–H and O–H groups in total. The Hall–Kier alpha value is -3.26. The molecular weight excluding hydrogens is 274 g/mol. The van der Waals surface area contributed by atoms with E-state index in [1.807, 2.05) is 42.5 Å². The van der Waals surface area contributed by atoms with Crippen molar-refractivity contribution in [3.8, 4) is 6.19 Å². The first-order valence-electron chi connectivity index (χ1n) is 6.88. The van der Waals surface area contributed by atoms with Gasteiger partial charge in [-0.2, -0.15) is 5.26 Å². The van der Waals surface area contributed by atoms with Crippen LogP contribution in [0.1, 0.15) is 5.56 Å². The van der Waals surface area contributed by atoms with E-state index in [0.717, 1.165) is 17.4 Å². The van der Waals surface area contributed by atoms with Gasteiger partial charge in [-0.05, 0) is 29.8 Å². The first-order chi connectivity index (χ1) is 10.8. The van der Waals surface area contributed by atoms with E-state index in [1.165, 1.54) is 5.56 Å². The predicted octanol–water partition coefficient (Wildman–Crippen LogP) is 2.71. The Morgan fingerprint density at radius 1 is 1.18 bits per heavy atom. The fourth-order valence-corrected chi connectivity index (χ4v) is 2.40. The lowest BCUT2D eigenvalue weighted by atomic mass is 10.2. The smallest absolute Gasteiger partial charge is 0.207 e. The molecule has 3 rings (SSSR count). The molecule has 0 aliphatic carbocycles. The molecule has 108 valence electrons. The summed E-state index contributed by atoms with van der Waals surface area (Å²) >= 11 is 0. The van der Waals surface area contributed by atoms with Crippen molar-refractivity contribution in [3.63, 3.8) is 0 Å². The first-order valence-corrected chi connectivity index (χ1v) is 6.88. The zero-order valence-corrected chi connectivity index (χ0v) is 11.9. The second-order valence-corrected chi connectivity index (χ2v) is 4.91. The summed E-state index contributed by atoms with van der Waals surface area (Å²) < 4.78 is 2.19. The summed E-state index contributed by atoms with van der Waals surface area (Å²) in [7, 11) is 0. The standard InChI is InChI=1S/C17H15N5/c18-12-20-17(19)21-15-6-7-16-14(10-15)8-9-22(16)11-13-4-2-1-3-5-13/h1-10H,11H2,(H3,19,20,21). The Kier molecular flexibility index (Phi) is 3.75. The average molecular weight is 289 g/mol. The number of hydrogen-bond donors (Lipinski definition) is 2. The van der Waals surface area contributed by atoms with Gasteiger partial charge in [0.2, 0.25) is 5.96 Å². The van der Waals surface area contributed by atoms with Crippen LogP contribution in [0.15, 0.2) is 65.8 Å². The van der Waals surface area contributed by atoms with Crippen LogP contribution in [0.4, 0.5) is 5.69 Å². The first kappa shape index (κ1) is 13.7. The second kappa shape index (κ2) is 6.02. The van der Waals surface area contributed by atoms with Crippen LogP contribution in [0, 0.1) is 11.5 Å². The molecule has 3 aromatic rings. The van der Waals surface area contributed by atoms with Crippen LogP contribution in [0.5, 0.6) is 0 Å². The molecule has 0 amide bonds. The Balaban J connectivity index is 1.90. The summed E-state index contributed by atoms with van der Waals surface area (Å²) in [5.41, 5.74) is 8.68. The largest absolute Gasteiger partial charge is 0.369 e. The minimum absolute atomic E-state index is 0.0885. The molecule has 1 heterocycles.